The lowest BCUT2D eigenvalue weighted by Gasteiger charge is -2.16. The highest BCUT2D eigenvalue weighted by molar-refractivity contribution is 9.10. The maximum Gasteiger partial charge on any atom is 0.387 e. The molecule has 0 saturated heterocycles. The van der Waals surface area contributed by atoms with Crippen LogP contribution < -0.4 is 10.1 Å². The largest absolute Gasteiger partial charge is 0.434 e. The Morgan fingerprint density at radius 2 is 1.90 bits per heavy atom. The fourth-order valence-corrected chi connectivity index (χ4v) is 2.52. The van der Waals surface area contributed by atoms with Gasteiger partial charge in [0.05, 0.1) is 0 Å². The van der Waals surface area contributed by atoms with E-state index in [4.69, 9.17) is 0 Å². The molecule has 0 aliphatic heterocycles. The lowest BCUT2D eigenvalue weighted by molar-refractivity contribution is -0.0505. The Kier molecular flexibility index (Phi) is 8.19. The van der Waals surface area contributed by atoms with E-state index in [0.717, 1.165) is 16.5 Å². The molecule has 1 N–H and O–H groups in total. The van der Waals surface area contributed by atoms with E-state index in [1.165, 1.54) is 12.8 Å². The molecule has 1 unspecified atom stereocenters. The van der Waals surface area contributed by atoms with Gasteiger partial charge in [-0.1, -0.05) is 42.6 Å². The highest BCUT2D eigenvalue weighted by Crippen LogP contribution is 2.25. The molecule has 1 aromatic carbocycles. The number of benzene rings is 1. The quantitative estimate of drug-likeness (QED) is 0.637. The third-order valence-electron chi connectivity index (χ3n) is 3.30. The summed E-state index contributed by atoms with van der Waals surface area (Å²) in [4.78, 5) is 0. The van der Waals surface area contributed by atoms with Crippen LogP contribution in [0.25, 0.3) is 0 Å². The van der Waals surface area contributed by atoms with Crippen LogP contribution in [-0.2, 0) is 6.54 Å². The Balaban J connectivity index is 2.51. The SMILES string of the molecule is CC(C)CCCC(C)NCc1cc(Br)ccc1OC(F)F. The second-order valence-electron chi connectivity index (χ2n) is 5.74. The van der Waals surface area contributed by atoms with Crippen molar-refractivity contribution >= 4 is 15.9 Å². The molecular weight excluding hydrogens is 340 g/mol. The topological polar surface area (TPSA) is 21.3 Å². The van der Waals surface area contributed by atoms with Gasteiger partial charge >= 0.3 is 6.61 Å². The van der Waals surface area contributed by atoms with Crippen molar-refractivity contribution in [2.45, 2.75) is 59.2 Å². The first kappa shape index (κ1) is 18.4. The maximum absolute atomic E-state index is 12.4. The number of halogens is 3. The van der Waals surface area contributed by atoms with Crippen molar-refractivity contribution in [3.05, 3.63) is 28.2 Å². The van der Waals surface area contributed by atoms with E-state index in [0.29, 0.717) is 18.5 Å². The van der Waals surface area contributed by atoms with E-state index in [9.17, 15) is 8.78 Å². The van der Waals surface area contributed by atoms with Gasteiger partial charge in [-0.25, -0.2) is 0 Å². The maximum atomic E-state index is 12.4. The zero-order valence-electron chi connectivity index (χ0n) is 12.8. The van der Waals surface area contributed by atoms with Crippen LogP contribution in [0.15, 0.2) is 22.7 Å². The molecule has 0 aliphatic carbocycles. The third-order valence-corrected chi connectivity index (χ3v) is 3.79. The molecule has 0 saturated carbocycles. The molecule has 0 radical (unpaired) electrons. The van der Waals surface area contributed by atoms with Crippen molar-refractivity contribution < 1.29 is 13.5 Å². The summed E-state index contributed by atoms with van der Waals surface area (Å²) in [5.74, 6) is 0.948. The average Bonchev–Trinajstić information content (AvgIpc) is 2.38. The minimum Gasteiger partial charge on any atom is -0.434 e. The van der Waals surface area contributed by atoms with Crippen molar-refractivity contribution in [1.29, 1.82) is 0 Å². The lowest BCUT2D eigenvalue weighted by atomic mass is 10.0. The first-order valence-electron chi connectivity index (χ1n) is 7.35. The van der Waals surface area contributed by atoms with E-state index >= 15 is 0 Å². The number of alkyl halides is 2. The highest BCUT2D eigenvalue weighted by atomic mass is 79.9. The molecule has 0 bridgehead atoms. The van der Waals surface area contributed by atoms with E-state index < -0.39 is 6.61 Å². The summed E-state index contributed by atoms with van der Waals surface area (Å²) < 4.78 is 30.2. The molecule has 0 heterocycles. The van der Waals surface area contributed by atoms with Crippen LogP contribution in [0.5, 0.6) is 5.75 Å². The summed E-state index contributed by atoms with van der Waals surface area (Å²) in [7, 11) is 0. The van der Waals surface area contributed by atoms with Crippen molar-refractivity contribution in [2.24, 2.45) is 5.92 Å². The van der Waals surface area contributed by atoms with Crippen molar-refractivity contribution in [3.63, 3.8) is 0 Å². The molecule has 2 nitrogen and oxygen atoms in total. The van der Waals surface area contributed by atoms with Gasteiger partial charge in [-0.05, 0) is 37.5 Å². The van der Waals surface area contributed by atoms with Gasteiger partial charge in [0, 0.05) is 22.6 Å². The molecule has 0 aliphatic rings. The van der Waals surface area contributed by atoms with Crippen LogP contribution in [0.3, 0.4) is 0 Å². The fraction of sp³-hybridized carbons (Fsp3) is 0.625. The predicted octanol–water partition coefficient (Wildman–Crippen LogP) is 5.35. The minimum atomic E-state index is -2.80. The van der Waals surface area contributed by atoms with Gasteiger partial charge in [0.25, 0.3) is 0 Å². The first-order chi connectivity index (χ1) is 9.88. The molecule has 5 heteroatoms. The van der Waals surface area contributed by atoms with E-state index in [1.54, 1.807) is 12.1 Å². The summed E-state index contributed by atoms with van der Waals surface area (Å²) in [5.41, 5.74) is 0.736. The summed E-state index contributed by atoms with van der Waals surface area (Å²) >= 11 is 3.36. The Morgan fingerprint density at radius 1 is 1.19 bits per heavy atom. The zero-order chi connectivity index (χ0) is 15.8. The standard InChI is InChI=1S/C16H24BrF2NO/c1-11(2)5-4-6-12(3)20-10-13-9-14(17)7-8-15(13)21-16(18)19/h7-9,11-12,16,20H,4-6,10H2,1-3H3. The fourth-order valence-electron chi connectivity index (χ4n) is 2.12. The Hall–Kier alpha value is -0.680. The van der Waals surface area contributed by atoms with Crippen LogP contribution >= 0.6 is 15.9 Å². The normalized spacial score (nSPS) is 13.0. The summed E-state index contributed by atoms with van der Waals surface area (Å²) in [6.45, 7) is 4.27. The summed E-state index contributed by atoms with van der Waals surface area (Å²) in [5, 5.41) is 3.37. The number of rotatable bonds is 9. The molecule has 0 aromatic heterocycles. The second-order valence-corrected chi connectivity index (χ2v) is 6.65. The molecule has 1 atom stereocenters. The molecule has 1 aromatic rings. The van der Waals surface area contributed by atoms with Crippen LogP contribution in [0.2, 0.25) is 0 Å². The van der Waals surface area contributed by atoms with E-state index in [1.807, 2.05) is 6.07 Å². The molecule has 120 valence electrons. The molecule has 1 rings (SSSR count). The Morgan fingerprint density at radius 3 is 2.52 bits per heavy atom. The van der Waals surface area contributed by atoms with Gasteiger partial charge in [-0.3, -0.25) is 0 Å². The van der Waals surface area contributed by atoms with Crippen LogP contribution in [0.4, 0.5) is 8.78 Å². The van der Waals surface area contributed by atoms with Crippen LogP contribution in [-0.4, -0.2) is 12.7 Å². The van der Waals surface area contributed by atoms with Crippen LogP contribution in [0.1, 0.15) is 45.6 Å². The third kappa shape index (κ3) is 7.77. The molecular formula is C16H24BrF2NO. The van der Waals surface area contributed by atoms with Crippen molar-refractivity contribution in [3.8, 4) is 5.75 Å². The van der Waals surface area contributed by atoms with Gasteiger partial charge in [-0.2, -0.15) is 8.78 Å². The molecule has 0 spiro atoms. The first-order valence-corrected chi connectivity index (χ1v) is 8.14. The second kappa shape index (κ2) is 9.36. The van der Waals surface area contributed by atoms with E-state index in [2.05, 4.69) is 46.8 Å². The van der Waals surface area contributed by atoms with Crippen molar-refractivity contribution in [1.82, 2.24) is 5.32 Å². The molecule has 0 amide bonds. The monoisotopic (exact) mass is 363 g/mol. The van der Waals surface area contributed by atoms with Gasteiger partial charge in [0.2, 0.25) is 0 Å². The van der Waals surface area contributed by atoms with Gasteiger partial charge < -0.3 is 10.1 Å². The molecule has 21 heavy (non-hydrogen) atoms. The smallest absolute Gasteiger partial charge is 0.387 e. The Labute approximate surface area is 134 Å². The number of hydrogen-bond donors (Lipinski definition) is 1. The lowest BCUT2D eigenvalue weighted by Crippen LogP contribution is -2.25. The van der Waals surface area contributed by atoms with E-state index in [-0.39, 0.29) is 5.75 Å². The average molecular weight is 364 g/mol. The zero-order valence-corrected chi connectivity index (χ0v) is 14.4. The van der Waals surface area contributed by atoms with Gasteiger partial charge in [-0.15, -0.1) is 0 Å². The highest BCUT2D eigenvalue weighted by Gasteiger charge is 2.11. The van der Waals surface area contributed by atoms with Gasteiger partial charge in [0.1, 0.15) is 5.75 Å². The van der Waals surface area contributed by atoms with Gasteiger partial charge in [0.15, 0.2) is 0 Å². The number of hydrogen-bond acceptors (Lipinski definition) is 2. The minimum absolute atomic E-state index is 0.232. The van der Waals surface area contributed by atoms with Crippen molar-refractivity contribution in [2.75, 3.05) is 0 Å². The summed E-state index contributed by atoms with van der Waals surface area (Å²) in [6, 6.07) is 5.43. The number of nitrogens with one attached hydrogen (secondary N) is 1. The molecule has 0 fully saturated rings. The summed E-state index contributed by atoms with van der Waals surface area (Å²) in [6.07, 6.45) is 3.46. The Bertz CT molecular complexity index is 427. The predicted molar refractivity (Wildman–Crippen MR) is 85.8 cm³/mol. The van der Waals surface area contributed by atoms with Crippen LogP contribution in [0, 0.1) is 5.92 Å². The number of ether oxygens (including phenoxy) is 1.